The highest BCUT2D eigenvalue weighted by Crippen LogP contribution is 2.37. The SMILES string of the molecule is CCC1CN2CCCC2CN1CC1(OC)CCC1. The molecule has 2 saturated heterocycles. The van der Waals surface area contributed by atoms with Gasteiger partial charge in [-0.05, 0) is 45.1 Å². The zero-order chi connectivity index (χ0) is 12.6. The number of piperazine rings is 1. The van der Waals surface area contributed by atoms with Gasteiger partial charge in [-0.2, -0.15) is 0 Å². The van der Waals surface area contributed by atoms with Gasteiger partial charge in [-0.25, -0.2) is 0 Å². The van der Waals surface area contributed by atoms with Crippen LogP contribution >= 0.6 is 0 Å². The van der Waals surface area contributed by atoms with Crippen LogP contribution in [0.4, 0.5) is 0 Å². The molecule has 3 heteroatoms. The van der Waals surface area contributed by atoms with Gasteiger partial charge in [-0.1, -0.05) is 6.92 Å². The van der Waals surface area contributed by atoms with Gasteiger partial charge in [0.25, 0.3) is 0 Å². The Hall–Kier alpha value is -0.120. The molecule has 0 radical (unpaired) electrons. The fourth-order valence-corrected chi connectivity index (χ4v) is 4.10. The van der Waals surface area contributed by atoms with Gasteiger partial charge < -0.3 is 4.74 Å². The summed E-state index contributed by atoms with van der Waals surface area (Å²) in [4.78, 5) is 5.47. The summed E-state index contributed by atoms with van der Waals surface area (Å²) in [5.41, 5.74) is 0.203. The van der Waals surface area contributed by atoms with Gasteiger partial charge in [0, 0.05) is 38.8 Å². The van der Waals surface area contributed by atoms with Crippen LogP contribution in [0.1, 0.15) is 45.4 Å². The summed E-state index contributed by atoms with van der Waals surface area (Å²) in [6.07, 6.45) is 7.99. The molecule has 0 aromatic carbocycles. The first-order valence-electron chi connectivity index (χ1n) is 7.79. The van der Waals surface area contributed by atoms with E-state index in [-0.39, 0.29) is 5.60 Å². The highest BCUT2D eigenvalue weighted by Gasteiger charge is 2.43. The first kappa shape index (κ1) is 12.9. The molecule has 0 N–H and O–H groups in total. The Kier molecular flexibility index (Phi) is 3.65. The van der Waals surface area contributed by atoms with E-state index < -0.39 is 0 Å². The quantitative estimate of drug-likeness (QED) is 0.762. The molecule has 3 nitrogen and oxygen atoms in total. The maximum Gasteiger partial charge on any atom is 0.0805 e. The molecule has 1 saturated carbocycles. The molecular formula is C15H28N2O. The van der Waals surface area contributed by atoms with Crippen molar-refractivity contribution in [3.8, 4) is 0 Å². The average molecular weight is 252 g/mol. The Labute approximate surface area is 111 Å². The van der Waals surface area contributed by atoms with Crippen LogP contribution in [-0.4, -0.2) is 60.8 Å². The summed E-state index contributed by atoms with van der Waals surface area (Å²) in [7, 11) is 1.91. The van der Waals surface area contributed by atoms with Crippen molar-refractivity contribution in [1.82, 2.24) is 9.80 Å². The summed E-state index contributed by atoms with van der Waals surface area (Å²) in [5.74, 6) is 0. The van der Waals surface area contributed by atoms with Gasteiger partial charge in [-0.3, -0.25) is 9.80 Å². The predicted octanol–water partition coefficient (Wildman–Crippen LogP) is 2.11. The summed E-state index contributed by atoms with van der Waals surface area (Å²) in [6, 6.07) is 1.59. The molecule has 2 unspecified atom stereocenters. The molecule has 3 rings (SSSR count). The highest BCUT2D eigenvalue weighted by atomic mass is 16.5. The molecule has 0 aromatic rings. The monoisotopic (exact) mass is 252 g/mol. The molecule has 0 bridgehead atoms. The molecule has 3 fully saturated rings. The minimum Gasteiger partial charge on any atom is -0.377 e. The second kappa shape index (κ2) is 5.10. The number of rotatable bonds is 4. The van der Waals surface area contributed by atoms with Crippen LogP contribution in [0.3, 0.4) is 0 Å². The van der Waals surface area contributed by atoms with E-state index in [1.54, 1.807) is 0 Å². The second-order valence-electron chi connectivity index (χ2n) is 6.52. The third kappa shape index (κ3) is 2.21. The van der Waals surface area contributed by atoms with E-state index >= 15 is 0 Å². The number of hydrogen-bond acceptors (Lipinski definition) is 3. The fraction of sp³-hybridized carbons (Fsp3) is 1.00. The summed E-state index contributed by atoms with van der Waals surface area (Å²) in [5, 5.41) is 0. The lowest BCUT2D eigenvalue weighted by molar-refractivity contribution is -0.108. The van der Waals surface area contributed by atoms with Crippen molar-refractivity contribution < 1.29 is 4.74 Å². The van der Waals surface area contributed by atoms with E-state index in [9.17, 15) is 0 Å². The number of nitrogens with zero attached hydrogens (tertiary/aromatic N) is 2. The van der Waals surface area contributed by atoms with Gasteiger partial charge in [0.2, 0.25) is 0 Å². The first-order valence-corrected chi connectivity index (χ1v) is 7.79. The van der Waals surface area contributed by atoms with Crippen LogP contribution in [0.5, 0.6) is 0 Å². The van der Waals surface area contributed by atoms with E-state index in [4.69, 9.17) is 4.74 Å². The van der Waals surface area contributed by atoms with Crippen molar-refractivity contribution in [3.05, 3.63) is 0 Å². The Morgan fingerprint density at radius 2 is 2.06 bits per heavy atom. The highest BCUT2D eigenvalue weighted by molar-refractivity contribution is 4.98. The lowest BCUT2D eigenvalue weighted by Crippen LogP contribution is -2.60. The van der Waals surface area contributed by atoms with Crippen molar-refractivity contribution in [1.29, 1.82) is 0 Å². The molecule has 3 aliphatic rings. The van der Waals surface area contributed by atoms with Gasteiger partial charge in [0.1, 0.15) is 0 Å². The largest absolute Gasteiger partial charge is 0.377 e. The molecule has 2 atom stereocenters. The maximum absolute atomic E-state index is 5.83. The lowest BCUT2D eigenvalue weighted by Gasteiger charge is -2.50. The van der Waals surface area contributed by atoms with E-state index in [1.165, 1.54) is 64.7 Å². The minimum atomic E-state index is 0.203. The first-order chi connectivity index (χ1) is 8.76. The molecule has 0 spiro atoms. The smallest absolute Gasteiger partial charge is 0.0805 e. The van der Waals surface area contributed by atoms with E-state index in [0.717, 1.165) is 12.1 Å². The van der Waals surface area contributed by atoms with E-state index in [1.807, 2.05) is 7.11 Å². The van der Waals surface area contributed by atoms with Gasteiger partial charge in [0.05, 0.1) is 5.60 Å². The maximum atomic E-state index is 5.83. The van der Waals surface area contributed by atoms with Crippen molar-refractivity contribution in [2.75, 3.05) is 33.3 Å². The number of methoxy groups -OCH3 is 1. The van der Waals surface area contributed by atoms with Crippen LogP contribution in [0.15, 0.2) is 0 Å². The topological polar surface area (TPSA) is 15.7 Å². The Balaban J connectivity index is 1.65. The minimum absolute atomic E-state index is 0.203. The van der Waals surface area contributed by atoms with Gasteiger partial charge in [0.15, 0.2) is 0 Å². The van der Waals surface area contributed by atoms with Crippen molar-refractivity contribution in [2.45, 2.75) is 63.1 Å². The molecule has 2 heterocycles. The second-order valence-corrected chi connectivity index (χ2v) is 6.52. The summed E-state index contributed by atoms with van der Waals surface area (Å²) in [6.45, 7) is 7.43. The average Bonchev–Trinajstić information content (AvgIpc) is 2.79. The Bertz CT molecular complexity index is 285. The summed E-state index contributed by atoms with van der Waals surface area (Å²) < 4.78 is 5.83. The van der Waals surface area contributed by atoms with E-state index in [0.29, 0.717) is 0 Å². The van der Waals surface area contributed by atoms with Crippen LogP contribution in [0, 0.1) is 0 Å². The normalized spacial score (nSPS) is 36.3. The van der Waals surface area contributed by atoms with Crippen molar-refractivity contribution in [3.63, 3.8) is 0 Å². The van der Waals surface area contributed by atoms with E-state index in [2.05, 4.69) is 16.7 Å². The Morgan fingerprint density at radius 1 is 1.22 bits per heavy atom. The fourth-order valence-electron chi connectivity index (χ4n) is 4.10. The molecule has 104 valence electrons. The predicted molar refractivity (Wildman–Crippen MR) is 73.8 cm³/mol. The van der Waals surface area contributed by atoms with Crippen molar-refractivity contribution in [2.24, 2.45) is 0 Å². The molecule has 1 aliphatic carbocycles. The van der Waals surface area contributed by atoms with Crippen LogP contribution < -0.4 is 0 Å². The third-order valence-corrected chi connectivity index (χ3v) is 5.57. The molecule has 18 heavy (non-hydrogen) atoms. The van der Waals surface area contributed by atoms with Crippen molar-refractivity contribution >= 4 is 0 Å². The standard InChI is InChI=1S/C15H28N2O/c1-3-13-10-16-9-4-6-14(16)11-17(13)12-15(18-2)7-5-8-15/h13-14H,3-12H2,1-2H3. The molecule has 0 aromatic heterocycles. The van der Waals surface area contributed by atoms with Crippen LogP contribution in [0.2, 0.25) is 0 Å². The van der Waals surface area contributed by atoms with Gasteiger partial charge in [-0.15, -0.1) is 0 Å². The molecular weight excluding hydrogens is 224 g/mol. The summed E-state index contributed by atoms with van der Waals surface area (Å²) >= 11 is 0. The number of ether oxygens (including phenoxy) is 1. The number of hydrogen-bond donors (Lipinski definition) is 0. The number of fused-ring (bicyclic) bond motifs is 1. The van der Waals surface area contributed by atoms with Gasteiger partial charge >= 0.3 is 0 Å². The molecule has 0 amide bonds. The molecule has 2 aliphatic heterocycles. The van der Waals surface area contributed by atoms with Crippen LogP contribution in [-0.2, 0) is 4.74 Å². The third-order valence-electron chi connectivity index (χ3n) is 5.57. The van der Waals surface area contributed by atoms with Crippen LogP contribution in [0.25, 0.3) is 0 Å². The zero-order valence-corrected chi connectivity index (χ0v) is 12.0. The zero-order valence-electron chi connectivity index (χ0n) is 12.0. The lowest BCUT2D eigenvalue weighted by atomic mass is 9.79. The Morgan fingerprint density at radius 3 is 2.67 bits per heavy atom.